The van der Waals surface area contributed by atoms with E-state index in [1.807, 2.05) is 45.9 Å². The number of allylic oxidation sites excluding steroid dienone is 4. The van der Waals surface area contributed by atoms with Crippen LogP contribution in [-0.2, 0) is 59.9 Å². The Morgan fingerprint density at radius 2 is 1.23 bits per heavy atom. The van der Waals surface area contributed by atoms with Crippen LogP contribution in [-0.4, -0.2) is 96.3 Å². The van der Waals surface area contributed by atoms with E-state index in [2.05, 4.69) is 9.48 Å². The van der Waals surface area contributed by atoms with Crippen molar-refractivity contribution in [1.82, 2.24) is 10.1 Å². The summed E-state index contributed by atoms with van der Waals surface area (Å²) >= 11 is 0. The molecule has 0 atom stereocenters. The van der Waals surface area contributed by atoms with Gasteiger partial charge in [0.15, 0.2) is 5.71 Å². The number of hydroxylamine groups is 4. The zero-order valence-corrected chi connectivity index (χ0v) is 36.7. The molecule has 2 aromatic carbocycles. The fourth-order valence-corrected chi connectivity index (χ4v) is 9.50. The maximum atomic E-state index is 12.2. The average molecular weight is 883 g/mol. The molecule has 4 amide bonds. The van der Waals surface area contributed by atoms with Crippen molar-refractivity contribution in [3.05, 3.63) is 71.5 Å². The number of imide groups is 2. The van der Waals surface area contributed by atoms with Crippen LogP contribution in [0.1, 0.15) is 116 Å². The summed E-state index contributed by atoms with van der Waals surface area (Å²) in [6.07, 6.45) is 12.5. The summed E-state index contributed by atoms with van der Waals surface area (Å²) in [4.78, 5) is 59.8. The molecule has 0 aliphatic carbocycles. The van der Waals surface area contributed by atoms with E-state index in [1.165, 1.54) is 24.3 Å². The van der Waals surface area contributed by atoms with E-state index >= 15 is 0 Å². The molecule has 0 spiro atoms. The lowest BCUT2D eigenvalue weighted by molar-refractivity contribution is -0.438. The fraction of sp³-hybridized carbons (Fsp3) is 0.512. The number of nitrogens with zero attached hydrogens (tertiary/aromatic N) is 4. The van der Waals surface area contributed by atoms with E-state index in [0.29, 0.717) is 31.5 Å². The van der Waals surface area contributed by atoms with Gasteiger partial charge in [0, 0.05) is 73.2 Å². The summed E-state index contributed by atoms with van der Waals surface area (Å²) in [6, 6.07) is 9.05. The molecule has 0 aromatic heterocycles. The van der Waals surface area contributed by atoms with Crippen LogP contribution in [0.5, 0.6) is 0 Å². The molecule has 4 aliphatic rings. The molecule has 0 unspecified atom stereocenters. The Labute approximate surface area is 357 Å². The van der Waals surface area contributed by atoms with Crippen LogP contribution in [0.4, 0.5) is 11.4 Å². The Hall–Kier alpha value is -4.59. The van der Waals surface area contributed by atoms with E-state index in [-0.39, 0.29) is 72.3 Å². The molecule has 0 saturated carbocycles. The van der Waals surface area contributed by atoms with Gasteiger partial charge in [0.05, 0.1) is 28.4 Å². The molecule has 0 bridgehead atoms. The van der Waals surface area contributed by atoms with Gasteiger partial charge in [0.25, 0.3) is 33.7 Å². The zero-order valence-electron chi connectivity index (χ0n) is 35.1. The van der Waals surface area contributed by atoms with Crippen molar-refractivity contribution in [2.75, 3.05) is 31.2 Å². The summed E-state index contributed by atoms with van der Waals surface area (Å²) < 4.78 is 72.7. The normalized spacial score (nSPS) is 19.4. The average Bonchev–Trinajstić information content (AvgIpc) is 3.83. The number of hydrogen-bond acceptors (Lipinski definition) is 12. The molecule has 18 heteroatoms. The number of rotatable bonds is 20. The van der Waals surface area contributed by atoms with Gasteiger partial charge in [-0.05, 0) is 81.5 Å². The third-order valence-corrected chi connectivity index (χ3v) is 13.5. The highest BCUT2D eigenvalue weighted by Gasteiger charge is 2.45. The first-order chi connectivity index (χ1) is 28.7. The minimum absolute atomic E-state index is 0.161. The van der Waals surface area contributed by atoms with Crippen molar-refractivity contribution in [2.24, 2.45) is 0 Å². The molecule has 16 nitrogen and oxygen atoms in total. The molecule has 4 aliphatic heterocycles. The second kappa shape index (κ2) is 18.4. The van der Waals surface area contributed by atoms with Crippen molar-refractivity contribution in [3.63, 3.8) is 0 Å². The Kier molecular flexibility index (Phi) is 13.9. The van der Waals surface area contributed by atoms with Crippen LogP contribution >= 0.6 is 0 Å². The highest BCUT2D eigenvalue weighted by molar-refractivity contribution is 7.86. The molecular weight excluding hydrogens is 829 g/mol. The standard InChI is InChI=1S/C43H54N4O12S2/c1-42(2)32-28-30(60(52,53)54)16-18-34(32)44(24-9-5-7-11-26-58-46-38(48)20-21-39(46)49)36(42)14-13-15-37-43(3,4)33-29-31(61(55,56)57)17-19-35(33)45(37)25-10-6-8-12-27-59-47-40(50)22-23-41(47)51/h13-19,28-29H,5-12,20-27H2,1-4H3,(H-,52,53,54,55,56,57). The quantitative estimate of drug-likeness (QED) is 0.0730. The predicted octanol–water partition coefficient (Wildman–Crippen LogP) is 5.73. The van der Waals surface area contributed by atoms with Gasteiger partial charge in [-0.3, -0.25) is 33.4 Å². The van der Waals surface area contributed by atoms with E-state index in [0.717, 1.165) is 77.0 Å². The topological polar surface area (TPSA) is 211 Å². The minimum atomic E-state index is -4.71. The number of fused-ring (bicyclic) bond motifs is 2. The molecule has 4 heterocycles. The van der Waals surface area contributed by atoms with Gasteiger partial charge in [-0.1, -0.05) is 39.2 Å². The van der Waals surface area contributed by atoms with Gasteiger partial charge < -0.3 is 9.45 Å². The van der Waals surface area contributed by atoms with Crippen LogP contribution in [0.2, 0.25) is 0 Å². The second-order valence-electron chi connectivity index (χ2n) is 16.8. The lowest BCUT2D eigenvalue weighted by Gasteiger charge is -2.27. The van der Waals surface area contributed by atoms with Crippen LogP contribution in [0.3, 0.4) is 0 Å². The maximum absolute atomic E-state index is 12.2. The maximum Gasteiger partial charge on any atom is 0.294 e. The Morgan fingerprint density at radius 3 is 1.79 bits per heavy atom. The smallest absolute Gasteiger partial charge is 0.294 e. The molecule has 330 valence electrons. The van der Waals surface area contributed by atoms with E-state index in [1.54, 1.807) is 12.1 Å². The number of anilines is 1. The van der Waals surface area contributed by atoms with Crippen molar-refractivity contribution in [3.8, 4) is 0 Å². The summed E-state index contributed by atoms with van der Waals surface area (Å²) in [5, 5.41) is 1.71. The molecule has 61 heavy (non-hydrogen) atoms. The summed E-state index contributed by atoms with van der Waals surface area (Å²) in [6.45, 7) is 9.59. The van der Waals surface area contributed by atoms with E-state index < -0.39 is 31.1 Å². The van der Waals surface area contributed by atoms with Crippen molar-refractivity contribution in [2.45, 2.75) is 125 Å². The van der Waals surface area contributed by atoms with Crippen LogP contribution < -0.4 is 4.90 Å². The fourth-order valence-electron chi connectivity index (χ4n) is 8.50. The summed E-state index contributed by atoms with van der Waals surface area (Å²) in [7, 11) is -9.18. The highest BCUT2D eigenvalue weighted by Crippen LogP contribution is 2.49. The SMILES string of the molecule is CC1(C)C(=CC=CC2=[N+](CCCCCCON3C(=O)CCC3=O)c3ccc(S(=O)(=O)[O-])cc3C2(C)C)N(CCCCCCON2C(=O)CCC2=O)c2ccc(S(=O)(=O)O)cc21. The first-order valence-corrected chi connectivity index (χ1v) is 23.6. The minimum Gasteiger partial charge on any atom is -0.744 e. The first-order valence-electron chi connectivity index (χ1n) is 20.7. The summed E-state index contributed by atoms with van der Waals surface area (Å²) in [5.41, 5.74) is 3.41. The van der Waals surface area contributed by atoms with Crippen molar-refractivity contribution >= 4 is 61.0 Å². The number of benzene rings is 2. The molecule has 2 saturated heterocycles. The molecule has 2 aromatic rings. The van der Waals surface area contributed by atoms with Crippen LogP contribution in [0.15, 0.2) is 70.1 Å². The first kappa shape index (κ1) is 45.9. The number of hydrogen-bond donors (Lipinski definition) is 1. The van der Waals surface area contributed by atoms with Gasteiger partial charge >= 0.3 is 0 Å². The number of amides is 4. The van der Waals surface area contributed by atoms with Gasteiger partial charge in [0.2, 0.25) is 5.69 Å². The van der Waals surface area contributed by atoms with Crippen molar-refractivity contribution < 1.29 is 59.4 Å². The van der Waals surface area contributed by atoms with Crippen molar-refractivity contribution in [1.29, 1.82) is 0 Å². The van der Waals surface area contributed by atoms with Gasteiger partial charge in [-0.15, -0.1) is 0 Å². The largest absolute Gasteiger partial charge is 0.744 e. The number of carbonyl (C=O) groups is 4. The van der Waals surface area contributed by atoms with Gasteiger partial charge in [0.1, 0.15) is 16.7 Å². The number of unbranched alkanes of at least 4 members (excludes halogenated alkanes) is 6. The predicted molar refractivity (Wildman–Crippen MR) is 222 cm³/mol. The molecular formula is C43H54N4O12S2. The lowest BCUT2D eigenvalue weighted by Crippen LogP contribution is -2.29. The molecule has 1 N–H and O–H groups in total. The van der Waals surface area contributed by atoms with Crippen LogP contribution in [0.25, 0.3) is 0 Å². The lowest BCUT2D eigenvalue weighted by atomic mass is 9.81. The zero-order chi connectivity index (χ0) is 44.3. The van der Waals surface area contributed by atoms with E-state index in [4.69, 9.17) is 9.68 Å². The third-order valence-electron chi connectivity index (χ3n) is 11.8. The molecule has 2 fully saturated rings. The monoisotopic (exact) mass is 882 g/mol. The Bertz CT molecular complexity index is 2370. The third kappa shape index (κ3) is 10.1. The summed E-state index contributed by atoms with van der Waals surface area (Å²) in [5.74, 6) is -1.30. The molecule has 6 rings (SSSR count). The Morgan fingerprint density at radius 1 is 0.705 bits per heavy atom. The Balaban J connectivity index is 1.21. The van der Waals surface area contributed by atoms with Crippen LogP contribution in [0, 0.1) is 0 Å². The van der Waals surface area contributed by atoms with Gasteiger partial charge in [-0.25, -0.2) is 8.42 Å². The number of carbonyl (C=O) groups excluding carboxylic acids is 4. The van der Waals surface area contributed by atoms with Gasteiger partial charge in [-0.2, -0.15) is 23.1 Å². The van der Waals surface area contributed by atoms with E-state index in [9.17, 15) is 45.1 Å². The molecule has 0 radical (unpaired) electrons. The highest BCUT2D eigenvalue weighted by atomic mass is 32.2. The second-order valence-corrected chi connectivity index (χ2v) is 19.6.